The second-order valence-electron chi connectivity index (χ2n) is 9.02. The zero-order chi connectivity index (χ0) is 25.3. The third-order valence-corrected chi connectivity index (χ3v) is 5.76. The highest BCUT2D eigenvalue weighted by Gasteiger charge is 2.36. The van der Waals surface area contributed by atoms with Crippen molar-refractivity contribution in [3.63, 3.8) is 0 Å². The number of hydrogen-bond acceptors (Lipinski definition) is 7. The van der Waals surface area contributed by atoms with Crippen LogP contribution in [0.4, 0.5) is 0 Å². The van der Waals surface area contributed by atoms with Gasteiger partial charge in [0.15, 0.2) is 0 Å². The Bertz CT molecular complexity index is 833. The molecule has 0 spiro atoms. The number of ether oxygens (including phenoxy) is 1. The summed E-state index contributed by atoms with van der Waals surface area (Å²) in [6.45, 7) is 6.46. The van der Waals surface area contributed by atoms with E-state index in [0.717, 1.165) is 5.56 Å². The van der Waals surface area contributed by atoms with Gasteiger partial charge in [0.25, 0.3) is 0 Å². The number of amides is 1. The monoisotopic (exact) mass is 479 g/mol. The number of nitrogens with zero attached hydrogens (tertiary/aromatic N) is 1. The SMILES string of the molecule is CC(C)NCC(O)COc1cccc(CCC(N[C@@H](C)C(=O)N2CCC[C@H]2C(=O)O)C(=O)O)c1. The number of rotatable bonds is 14. The molecule has 1 heterocycles. The van der Waals surface area contributed by atoms with Crippen molar-refractivity contribution in [3.05, 3.63) is 29.8 Å². The van der Waals surface area contributed by atoms with Crippen LogP contribution in [0.2, 0.25) is 0 Å². The first kappa shape index (κ1) is 27.6. The van der Waals surface area contributed by atoms with E-state index in [4.69, 9.17) is 4.74 Å². The first-order valence-corrected chi connectivity index (χ1v) is 11.7. The van der Waals surface area contributed by atoms with Gasteiger partial charge in [-0.3, -0.25) is 14.9 Å². The molecule has 34 heavy (non-hydrogen) atoms. The number of aliphatic carboxylic acids is 2. The molecule has 190 valence electrons. The predicted molar refractivity (Wildman–Crippen MR) is 126 cm³/mol. The number of carbonyl (C=O) groups is 3. The summed E-state index contributed by atoms with van der Waals surface area (Å²) in [5.74, 6) is -1.95. The number of carboxylic acid groups (broad SMARTS) is 2. The van der Waals surface area contributed by atoms with Crippen LogP contribution < -0.4 is 15.4 Å². The van der Waals surface area contributed by atoms with Crippen LogP contribution in [0.25, 0.3) is 0 Å². The van der Waals surface area contributed by atoms with Crippen molar-refractivity contribution in [2.24, 2.45) is 0 Å². The molecule has 2 rings (SSSR count). The number of aliphatic hydroxyl groups is 1. The van der Waals surface area contributed by atoms with Gasteiger partial charge in [0, 0.05) is 19.1 Å². The largest absolute Gasteiger partial charge is 0.491 e. The van der Waals surface area contributed by atoms with E-state index in [1.54, 1.807) is 25.1 Å². The molecule has 1 amide bonds. The molecular formula is C24H37N3O7. The van der Waals surface area contributed by atoms with Crippen molar-refractivity contribution in [1.29, 1.82) is 0 Å². The highest BCUT2D eigenvalue weighted by Crippen LogP contribution is 2.19. The first-order valence-electron chi connectivity index (χ1n) is 11.7. The fourth-order valence-corrected chi connectivity index (χ4v) is 3.91. The first-order chi connectivity index (χ1) is 16.1. The number of carboxylic acids is 2. The number of hydrogen-bond donors (Lipinski definition) is 5. The highest BCUT2D eigenvalue weighted by atomic mass is 16.5. The molecule has 1 aliphatic heterocycles. The molecule has 1 aromatic rings. The zero-order valence-electron chi connectivity index (χ0n) is 20.1. The van der Waals surface area contributed by atoms with Gasteiger partial charge in [-0.1, -0.05) is 26.0 Å². The standard InChI is InChI=1S/C24H37N3O7/c1-15(2)25-13-18(28)14-34-19-7-4-6-17(12-19)9-10-20(23(30)31)26-16(3)22(29)27-11-5-8-21(27)24(32)33/h4,6-7,12,15-16,18,20-21,25-26,28H,5,8-11,13-14H2,1-3H3,(H,30,31)(H,32,33)/t16-,18?,20?,21-/m0/s1. The molecule has 1 aliphatic rings. The number of aryl methyl sites for hydroxylation is 1. The smallest absolute Gasteiger partial charge is 0.326 e. The van der Waals surface area contributed by atoms with Gasteiger partial charge in [0.1, 0.15) is 30.5 Å². The lowest BCUT2D eigenvalue weighted by Gasteiger charge is -2.27. The topological polar surface area (TPSA) is 148 Å². The Morgan fingerprint density at radius 1 is 1.21 bits per heavy atom. The van der Waals surface area contributed by atoms with E-state index < -0.39 is 42.1 Å². The summed E-state index contributed by atoms with van der Waals surface area (Å²) >= 11 is 0. The Kier molecular flexibility index (Phi) is 10.7. The van der Waals surface area contributed by atoms with Gasteiger partial charge >= 0.3 is 11.9 Å². The maximum absolute atomic E-state index is 12.7. The van der Waals surface area contributed by atoms with E-state index in [-0.39, 0.29) is 19.1 Å². The van der Waals surface area contributed by atoms with Gasteiger partial charge in [-0.15, -0.1) is 0 Å². The van der Waals surface area contributed by atoms with Crippen molar-refractivity contribution in [3.8, 4) is 5.75 Å². The van der Waals surface area contributed by atoms with Gasteiger partial charge in [0.2, 0.25) is 5.91 Å². The highest BCUT2D eigenvalue weighted by molar-refractivity contribution is 5.88. The molecule has 5 N–H and O–H groups in total. The number of benzene rings is 1. The second-order valence-corrected chi connectivity index (χ2v) is 9.02. The van der Waals surface area contributed by atoms with E-state index in [0.29, 0.717) is 38.1 Å². The zero-order valence-corrected chi connectivity index (χ0v) is 20.1. The molecule has 1 aromatic carbocycles. The summed E-state index contributed by atoms with van der Waals surface area (Å²) in [5.41, 5.74) is 0.866. The number of aliphatic hydroxyl groups excluding tert-OH is 1. The average Bonchev–Trinajstić information content (AvgIpc) is 3.28. The molecule has 0 aromatic heterocycles. The molecule has 10 nitrogen and oxygen atoms in total. The van der Waals surface area contributed by atoms with Crippen LogP contribution >= 0.6 is 0 Å². The molecule has 10 heteroatoms. The Morgan fingerprint density at radius 2 is 1.94 bits per heavy atom. The van der Waals surface area contributed by atoms with Gasteiger partial charge in [0.05, 0.1) is 6.04 Å². The normalized spacial score (nSPS) is 18.5. The molecular weight excluding hydrogens is 442 g/mol. The van der Waals surface area contributed by atoms with Crippen molar-refractivity contribution in [2.75, 3.05) is 19.7 Å². The molecule has 0 saturated carbocycles. The third-order valence-electron chi connectivity index (χ3n) is 5.76. The van der Waals surface area contributed by atoms with Crippen LogP contribution in [0.1, 0.15) is 45.6 Å². The van der Waals surface area contributed by atoms with Crippen LogP contribution in [-0.4, -0.2) is 88.0 Å². The molecule has 0 aliphatic carbocycles. The summed E-state index contributed by atoms with van der Waals surface area (Å²) in [4.78, 5) is 37.2. The van der Waals surface area contributed by atoms with Crippen LogP contribution in [-0.2, 0) is 20.8 Å². The maximum Gasteiger partial charge on any atom is 0.326 e. The van der Waals surface area contributed by atoms with Gasteiger partial charge in [-0.25, -0.2) is 4.79 Å². The van der Waals surface area contributed by atoms with Crippen LogP contribution in [0.3, 0.4) is 0 Å². The van der Waals surface area contributed by atoms with E-state index in [1.165, 1.54) is 4.90 Å². The molecule has 4 atom stereocenters. The number of likely N-dealkylation sites (tertiary alicyclic amines) is 1. The van der Waals surface area contributed by atoms with E-state index in [9.17, 15) is 29.7 Å². The fourth-order valence-electron chi connectivity index (χ4n) is 3.91. The fraction of sp³-hybridized carbons (Fsp3) is 0.625. The Balaban J connectivity index is 1.89. The molecule has 2 unspecified atom stereocenters. The predicted octanol–water partition coefficient (Wildman–Crippen LogP) is 0.864. The minimum atomic E-state index is -1.08. The van der Waals surface area contributed by atoms with Gasteiger partial charge < -0.3 is 30.3 Å². The van der Waals surface area contributed by atoms with Crippen LogP contribution in [0, 0.1) is 0 Å². The minimum absolute atomic E-state index is 0.135. The lowest BCUT2D eigenvalue weighted by molar-refractivity contribution is -0.149. The number of carbonyl (C=O) groups excluding carboxylic acids is 1. The van der Waals surface area contributed by atoms with E-state index in [2.05, 4.69) is 10.6 Å². The van der Waals surface area contributed by atoms with Crippen LogP contribution in [0.5, 0.6) is 5.75 Å². The number of nitrogens with one attached hydrogen (secondary N) is 2. The van der Waals surface area contributed by atoms with Crippen molar-refractivity contribution < 1.29 is 34.4 Å². The van der Waals surface area contributed by atoms with Gasteiger partial charge in [-0.05, 0) is 50.3 Å². The maximum atomic E-state index is 12.7. The minimum Gasteiger partial charge on any atom is -0.491 e. The van der Waals surface area contributed by atoms with E-state index >= 15 is 0 Å². The van der Waals surface area contributed by atoms with E-state index in [1.807, 2.05) is 19.9 Å². The summed E-state index contributed by atoms with van der Waals surface area (Å²) < 4.78 is 5.66. The second kappa shape index (κ2) is 13.3. The van der Waals surface area contributed by atoms with Crippen molar-refractivity contribution >= 4 is 17.8 Å². The summed E-state index contributed by atoms with van der Waals surface area (Å²) in [6, 6.07) is 4.85. The Hall–Kier alpha value is -2.69. The van der Waals surface area contributed by atoms with Crippen LogP contribution in [0.15, 0.2) is 24.3 Å². The third kappa shape index (κ3) is 8.58. The molecule has 1 saturated heterocycles. The lowest BCUT2D eigenvalue weighted by atomic mass is 10.0. The lowest BCUT2D eigenvalue weighted by Crippen LogP contribution is -2.53. The summed E-state index contributed by atoms with van der Waals surface area (Å²) in [6.07, 6.45) is 1.03. The van der Waals surface area contributed by atoms with Gasteiger partial charge in [-0.2, -0.15) is 0 Å². The van der Waals surface area contributed by atoms with Crippen molar-refractivity contribution in [1.82, 2.24) is 15.5 Å². The summed E-state index contributed by atoms with van der Waals surface area (Å²) in [5, 5.41) is 34.9. The summed E-state index contributed by atoms with van der Waals surface area (Å²) in [7, 11) is 0. The average molecular weight is 480 g/mol. The molecule has 0 radical (unpaired) electrons. The molecule has 0 bridgehead atoms. The quantitative estimate of drug-likeness (QED) is 0.262. The van der Waals surface area contributed by atoms with Crippen molar-refractivity contribution in [2.45, 2.75) is 76.7 Å². The Morgan fingerprint density at radius 3 is 2.59 bits per heavy atom. The Labute approximate surface area is 200 Å². The molecule has 1 fully saturated rings.